The first-order valence-electron chi connectivity index (χ1n) is 8.04. The molecule has 1 aromatic rings. The van der Waals surface area contributed by atoms with Crippen LogP contribution in [-0.4, -0.2) is 30.6 Å². The van der Waals surface area contributed by atoms with Gasteiger partial charge in [0.15, 0.2) is 5.96 Å². The van der Waals surface area contributed by atoms with Crippen LogP contribution < -0.4 is 10.6 Å². The van der Waals surface area contributed by atoms with Crippen molar-refractivity contribution in [2.75, 3.05) is 19.6 Å². The van der Waals surface area contributed by atoms with Gasteiger partial charge in [-0.25, -0.2) is 4.98 Å². The van der Waals surface area contributed by atoms with Crippen molar-refractivity contribution in [2.24, 2.45) is 10.4 Å². The molecule has 126 valence electrons. The minimum atomic E-state index is 0. The summed E-state index contributed by atoms with van der Waals surface area (Å²) in [5, 5.41) is 10.0. The van der Waals surface area contributed by atoms with E-state index in [1.807, 2.05) is 0 Å². The van der Waals surface area contributed by atoms with Crippen molar-refractivity contribution in [1.82, 2.24) is 15.6 Å². The number of thiazole rings is 1. The molecule has 0 radical (unpaired) electrons. The Bertz CT molecular complexity index is 466. The van der Waals surface area contributed by atoms with E-state index in [0.717, 1.165) is 37.0 Å². The van der Waals surface area contributed by atoms with Crippen LogP contribution in [0.5, 0.6) is 0 Å². The number of aromatic nitrogens is 1. The second-order valence-corrected chi connectivity index (χ2v) is 7.31. The number of nitrogens with zero attached hydrogens (tertiary/aromatic N) is 2. The molecule has 1 aromatic heterocycles. The van der Waals surface area contributed by atoms with Crippen molar-refractivity contribution >= 4 is 41.3 Å². The van der Waals surface area contributed by atoms with Crippen molar-refractivity contribution in [2.45, 2.75) is 52.9 Å². The number of hydrogen-bond acceptors (Lipinski definition) is 3. The molecule has 2 N–H and O–H groups in total. The Hall–Kier alpha value is -0.370. The monoisotopic (exact) mass is 436 g/mol. The number of nitrogens with one attached hydrogen (secondary N) is 2. The third kappa shape index (κ3) is 6.40. The summed E-state index contributed by atoms with van der Waals surface area (Å²) in [6.07, 6.45) is 6.30. The Morgan fingerprint density at radius 1 is 1.36 bits per heavy atom. The Balaban J connectivity index is 0.00000242. The molecular formula is C16H29IN4S. The Morgan fingerprint density at radius 2 is 2.09 bits per heavy atom. The van der Waals surface area contributed by atoms with Crippen LogP contribution >= 0.6 is 35.3 Å². The molecule has 0 atom stereocenters. The quantitative estimate of drug-likeness (QED) is 0.406. The van der Waals surface area contributed by atoms with Gasteiger partial charge in [0.2, 0.25) is 0 Å². The zero-order valence-electron chi connectivity index (χ0n) is 13.9. The lowest BCUT2D eigenvalue weighted by molar-refractivity contribution is 0.350. The fourth-order valence-corrected chi connectivity index (χ4v) is 3.48. The molecule has 1 fully saturated rings. The maximum absolute atomic E-state index is 4.78. The summed E-state index contributed by atoms with van der Waals surface area (Å²) in [5.41, 5.74) is 1.58. The van der Waals surface area contributed by atoms with Gasteiger partial charge >= 0.3 is 0 Å². The first kappa shape index (κ1) is 19.7. The molecule has 4 nitrogen and oxygen atoms in total. The summed E-state index contributed by atoms with van der Waals surface area (Å²) < 4.78 is 0. The minimum Gasteiger partial charge on any atom is -0.357 e. The molecule has 1 aliphatic rings. The zero-order valence-corrected chi connectivity index (χ0v) is 17.1. The van der Waals surface area contributed by atoms with Gasteiger partial charge in [0.25, 0.3) is 0 Å². The second kappa shape index (κ2) is 9.70. The van der Waals surface area contributed by atoms with Crippen molar-refractivity contribution in [3.8, 4) is 0 Å². The van der Waals surface area contributed by atoms with Gasteiger partial charge < -0.3 is 10.6 Å². The highest BCUT2D eigenvalue weighted by Crippen LogP contribution is 2.37. The fourth-order valence-electron chi connectivity index (χ4n) is 2.83. The van der Waals surface area contributed by atoms with Crippen molar-refractivity contribution in [3.63, 3.8) is 0 Å². The molecule has 1 saturated carbocycles. The van der Waals surface area contributed by atoms with Crippen LogP contribution in [0.2, 0.25) is 0 Å². The van der Waals surface area contributed by atoms with Crippen molar-refractivity contribution < 1.29 is 0 Å². The normalized spacial score (nSPS) is 17.1. The molecule has 0 saturated heterocycles. The van der Waals surface area contributed by atoms with E-state index in [9.17, 15) is 0 Å². The van der Waals surface area contributed by atoms with Crippen LogP contribution in [0.4, 0.5) is 0 Å². The number of guanidine groups is 1. The molecule has 1 aliphatic carbocycles. The van der Waals surface area contributed by atoms with Crippen molar-refractivity contribution in [3.05, 3.63) is 16.1 Å². The molecule has 0 aromatic carbocycles. The highest BCUT2D eigenvalue weighted by atomic mass is 127. The second-order valence-electron chi connectivity index (χ2n) is 6.25. The number of hydrogen-bond donors (Lipinski definition) is 2. The third-order valence-corrected chi connectivity index (χ3v) is 4.94. The molecule has 22 heavy (non-hydrogen) atoms. The minimum absolute atomic E-state index is 0. The topological polar surface area (TPSA) is 49.3 Å². The molecule has 0 bridgehead atoms. The Morgan fingerprint density at radius 3 is 2.68 bits per heavy atom. The van der Waals surface area contributed by atoms with E-state index in [4.69, 9.17) is 4.99 Å². The van der Waals surface area contributed by atoms with Gasteiger partial charge in [0, 0.05) is 31.4 Å². The molecule has 0 amide bonds. The summed E-state index contributed by atoms with van der Waals surface area (Å²) in [6.45, 7) is 9.24. The van der Waals surface area contributed by atoms with E-state index in [-0.39, 0.29) is 24.0 Å². The van der Waals surface area contributed by atoms with Crippen LogP contribution in [-0.2, 0) is 6.42 Å². The lowest BCUT2D eigenvalue weighted by Gasteiger charge is -2.21. The van der Waals surface area contributed by atoms with E-state index in [0.29, 0.717) is 5.41 Å². The summed E-state index contributed by atoms with van der Waals surface area (Å²) >= 11 is 1.72. The highest BCUT2D eigenvalue weighted by molar-refractivity contribution is 14.0. The molecular weight excluding hydrogens is 407 g/mol. The average molecular weight is 436 g/mol. The average Bonchev–Trinajstić information content (AvgIpc) is 3.06. The molecule has 6 heteroatoms. The number of halogens is 1. The van der Waals surface area contributed by atoms with E-state index in [1.54, 1.807) is 11.3 Å². The van der Waals surface area contributed by atoms with E-state index >= 15 is 0 Å². The van der Waals surface area contributed by atoms with Gasteiger partial charge in [0.05, 0.1) is 10.7 Å². The molecule has 0 spiro atoms. The maximum atomic E-state index is 4.78. The third-order valence-electron chi connectivity index (χ3n) is 4.11. The number of aryl methyl sites for hydroxylation is 1. The van der Waals surface area contributed by atoms with Crippen LogP contribution in [0.15, 0.2) is 10.4 Å². The SMILES string of the molecule is CCNC(=NCC1(C)CCCC1)NCCc1csc(C)n1.I. The van der Waals surface area contributed by atoms with Gasteiger partial charge in [-0.1, -0.05) is 19.8 Å². The van der Waals surface area contributed by atoms with Crippen molar-refractivity contribution in [1.29, 1.82) is 0 Å². The molecule has 2 rings (SSSR count). The Labute approximate surface area is 155 Å². The van der Waals surface area contributed by atoms with Gasteiger partial charge in [-0.05, 0) is 32.1 Å². The van der Waals surface area contributed by atoms with Gasteiger partial charge in [-0.2, -0.15) is 0 Å². The smallest absolute Gasteiger partial charge is 0.191 e. The van der Waals surface area contributed by atoms with E-state index < -0.39 is 0 Å². The van der Waals surface area contributed by atoms with Gasteiger partial charge in [0.1, 0.15) is 0 Å². The predicted octanol–water partition coefficient (Wildman–Crippen LogP) is 3.75. The van der Waals surface area contributed by atoms with Crippen LogP contribution in [0.1, 0.15) is 50.2 Å². The fraction of sp³-hybridized carbons (Fsp3) is 0.750. The first-order valence-corrected chi connectivity index (χ1v) is 8.92. The summed E-state index contributed by atoms with van der Waals surface area (Å²) in [7, 11) is 0. The highest BCUT2D eigenvalue weighted by Gasteiger charge is 2.28. The van der Waals surface area contributed by atoms with Crippen LogP contribution in [0.25, 0.3) is 0 Å². The maximum Gasteiger partial charge on any atom is 0.191 e. The zero-order chi connectivity index (χ0) is 15.1. The summed E-state index contributed by atoms with van der Waals surface area (Å²) in [4.78, 5) is 9.27. The first-order chi connectivity index (χ1) is 10.1. The lowest BCUT2D eigenvalue weighted by Crippen LogP contribution is -2.39. The standard InChI is InChI=1S/C16H28N4S.HI/c1-4-17-15(19-12-16(3)8-5-6-9-16)18-10-7-14-11-21-13(2)20-14;/h11H,4-10,12H2,1-3H3,(H2,17,18,19);1H. The largest absolute Gasteiger partial charge is 0.357 e. The van der Waals surface area contributed by atoms with Gasteiger partial charge in [-0.15, -0.1) is 35.3 Å². The molecule has 1 heterocycles. The summed E-state index contributed by atoms with van der Waals surface area (Å²) in [6, 6.07) is 0. The van der Waals surface area contributed by atoms with Gasteiger partial charge in [-0.3, -0.25) is 4.99 Å². The molecule has 0 unspecified atom stereocenters. The number of rotatable bonds is 6. The number of aliphatic imine (C=N–C) groups is 1. The van der Waals surface area contributed by atoms with E-state index in [1.165, 1.54) is 31.4 Å². The van der Waals surface area contributed by atoms with E-state index in [2.05, 4.69) is 41.8 Å². The molecule has 0 aliphatic heterocycles. The lowest BCUT2D eigenvalue weighted by atomic mass is 9.89. The van der Waals surface area contributed by atoms with Crippen LogP contribution in [0.3, 0.4) is 0 Å². The van der Waals surface area contributed by atoms with Crippen LogP contribution in [0, 0.1) is 12.3 Å². The Kier molecular flexibility index (Phi) is 8.67. The predicted molar refractivity (Wildman–Crippen MR) is 107 cm³/mol. The summed E-state index contributed by atoms with van der Waals surface area (Å²) in [5.74, 6) is 0.942.